The van der Waals surface area contributed by atoms with Crippen molar-refractivity contribution in [2.75, 3.05) is 12.4 Å². The number of hydrogen-bond donors (Lipinski definition) is 1. The molecule has 7 heteroatoms. The molecule has 1 N–H and O–H groups in total. The number of para-hydroxylation sites is 1. The minimum Gasteiger partial charge on any atom is -0.497 e. The van der Waals surface area contributed by atoms with Crippen LogP contribution < -0.4 is 10.1 Å². The third-order valence-electron chi connectivity index (χ3n) is 3.24. The van der Waals surface area contributed by atoms with Crippen LogP contribution in [0.3, 0.4) is 0 Å². The van der Waals surface area contributed by atoms with Crippen LogP contribution in [0.25, 0.3) is 10.1 Å². The number of hydrogen-bond acceptors (Lipinski definition) is 3. The summed E-state index contributed by atoms with van der Waals surface area (Å²) >= 11 is 7.37. The highest BCUT2D eigenvalue weighted by Crippen LogP contribution is 2.37. The first-order valence-corrected chi connectivity index (χ1v) is 7.72. The Balaban J connectivity index is 2.00. The number of ether oxygens (including phenoxy) is 1. The molecule has 0 aliphatic rings. The summed E-state index contributed by atoms with van der Waals surface area (Å²) in [6.07, 6.45) is 0. The second-order valence-electron chi connectivity index (χ2n) is 4.66. The van der Waals surface area contributed by atoms with Gasteiger partial charge in [-0.15, -0.1) is 11.3 Å². The normalized spacial score (nSPS) is 10.8. The molecule has 1 heterocycles. The van der Waals surface area contributed by atoms with Crippen molar-refractivity contribution in [2.45, 2.75) is 0 Å². The maximum atomic E-state index is 13.6. The standard InChI is InChI=1S/C16H10ClF2NO2S/c1-22-8-5-6-12-9(7-8)13(17)15(23-12)16(21)20-14-10(18)3-2-4-11(14)19/h2-7H,1H3,(H,20,21). The van der Waals surface area contributed by atoms with E-state index in [2.05, 4.69) is 5.32 Å². The Hall–Kier alpha value is -2.18. The van der Waals surface area contributed by atoms with Crippen molar-refractivity contribution in [3.63, 3.8) is 0 Å². The molecular weight excluding hydrogens is 344 g/mol. The van der Waals surface area contributed by atoms with Crippen LogP contribution in [0.2, 0.25) is 5.02 Å². The predicted octanol–water partition coefficient (Wildman–Crippen LogP) is 5.09. The third-order valence-corrected chi connectivity index (χ3v) is 4.92. The van der Waals surface area contributed by atoms with Crippen molar-refractivity contribution in [3.8, 4) is 5.75 Å². The molecule has 3 aromatic rings. The highest BCUT2D eigenvalue weighted by Gasteiger charge is 2.20. The van der Waals surface area contributed by atoms with E-state index >= 15 is 0 Å². The Labute approximate surface area is 139 Å². The van der Waals surface area contributed by atoms with E-state index in [4.69, 9.17) is 16.3 Å². The Bertz CT molecular complexity index is 890. The van der Waals surface area contributed by atoms with Gasteiger partial charge in [0.15, 0.2) is 0 Å². The highest BCUT2D eigenvalue weighted by molar-refractivity contribution is 7.21. The summed E-state index contributed by atoms with van der Waals surface area (Å²) in [5.74, 6) is -1.77. The van der Waals surface area contributed by atoms with Gasteiger partial charge in [0, 0.05) is 10.1 Å². The average molecular weight is 354 g/mol. The average Bonchev–Trinajstić information content (AvgIpc) is 2.87. The summed E-state index contributed by atoms with van der Waals surface area (Å²) in [7, 11) is 1.52. The second-order valence-corrected chi connectivity index (χ2v) is 6.09. The fourth-order valence-corrected chi connectivity index (χ4v) is 3.49. The molecule has 1 amide bonds. The molecule has 0 unspecified atom stereocenters. The first-order valence-electron chi connectivity index (χ1n) is 6.52. The van der Waals surface area contributed by atoms with Crippen LogP contribution >= 0.6 is 22.9 Å². The fourth-order valence-electron chi connectivity index (χ4n) is 2.11. The molecule has 0 aliphatic carbocycles. The lowest BCUT2D eigenvalue weighted by Gasteiger charge is -2.06. The van der Waals surface area contributed by atoms with Crippen molar-refractivity contribution in [2.24, 2.45) is 0 Å². The van der Waals surface area contributed by atoms with Crippen LogP contribution in [0.4, 0.5) is 14.5 Å². The molecule has 0 fully saturated rings. The van der Waals surface area contributed by atoms with Gasteiger partial charge in [0.05, 0.1) is 12.1 Å². The van der Waals surface area contributed by atoms with Gasteiger partial charge in [-0.1, -0.05) is 17.7 Å². The molecule has 118 valence electrons. The topological polar surface area (TPSA) is 38.3 Å². The number of nitrogens with one attached hydrogen (secondary N) is 1. The summed E-state index contributed by atoms with van der Waals surface area (Å²) in [5.41, 5.74) is -0.497. The number of carbonyl (C=O) groups excluding carboxylic acids is 1. The van der Waals surface area contributed by atoms with E-state index < -0.39 is 23.2 Å². The Kier molecular flexibility index (Phi) is 4.19. The zero-order valence-electron chi connectivity index (χ0n) is 11.8. The third kappa shape index (κ3) is 2.87. The quantitative estimate of drug-likeness (QED) is 0.712. The summed E-state index contributed by atoms with van der Waals surface area (Å²) < 4.78 is 33.2. The molecule has 1 aromatic heterocycles. The van der Waals surface area contributed by atoms with E-state index in [0.717, 1.165) is 28.2 Å². The molecule has 0 radical (unpaired) electrons. The van der Waals surface area contributed by atoms with Crippen molar-refractivity contribution in [1.82, 2.24) is 0 Å². The number of carbonyl (C=O) groups is 1. The lowest BCUT2D eigenvalue weighted by molar-refractivity contribution is 0.102. The maximum absolute atomic E-state index is 13.6. The molecule has 2 aromatic carbocycles. The van der Waals surface area contributed by atoms with Crippen molar-refractivity contribution in [1.29, 1.82) is 0 Å². The van der Waals surface area contributed by atoms with Gasteiger partial charge < -0.3 is 10.1 Å². The van der Waals surface area contributed by atoms with Crippen LogP contribution in [0, 0.1) is 11.6 Å². The van der Waals surface area contributed by atoms with E-state index in [1.165, 1.54) is 13.2 Å². The smallest absolute Gasteiger partial charge is 0.267 e. The van der Waals surface area contributed by atoms with Gasteiger partial charge in [-0.05, 0) is 30.3 Å². The van der Waals surface area contributed by atoms with Crippen LogP contribution in [-0.2, 0) is 0 Å². The van der Waals surface area contributed by atoms with Gasteiger partial charge in [0.2, 0.25) is 0 Å². The number of fused-ring (bicyclic) bond motifs is 1. The summed E-state index contributed by atoms with van der Waals surface area (Å²) in [4.78, 5) is 12.5. The number of rotatable bonds is 3. The van der Waals surface area contributed by atoms with Gasteiger partial charge >= 0.3 is 0 Å². The summed E-state index contributed by atoms with van der Waals surface area (Å²) in [6, 6.07) is 8.57. The number of thiophene rings is 1. The molecule has 0 saturated carbocycles. The lowest BCUT2D eigenvalue weighted by atomic mass is 10.2. The molecule has 0 saturated heterocycles. The minimum atomic E-state index is -0.850. The van der Waals surface area contributed by atoms with Crippen LogP contribution in [0.1, 0.15) is 9.67 Å². The van der Waals surface area contributed by atoms with E-state index in [-0.39, 0.29) is 9.90 Å². The molecular formula is C16H10ClF2NO2S. The Morgan fingerprint density at radius 3 is 2.57 bits per heavy atom. The lowest BCUT2D eigenvalue weighted by Crippen LogP contribution is -2.13. The Morgan fingerprint density at radius 2 is 1.91 bits per heavy atom. The monoisotopic (exact) mass is 353 g/mol. The van der Waals surface area contributed by atoms with Gasteiger partial charge in [-0.3, -0.25) is 4.79 Å². The molecule has 0 aliphatic heterocycles. The van der Waals surface area contributed by atoms with Crippen LogP contribution in [-0.4, -0.2) is 13.0 Å². The van der Waals surface area contributed by atoms with Crippen molar-refractivity contribution in [3.05, 3.63) is 57.9 Å². The van der Waals surface area contributed by atoms with Gasteiger partial charge in [-0.25, -0.2) is 8.78 Å². The van der Waals surface area contributed by atoms with Gasteiger partial charge in [0.1, 0.15) is 27.9 Å². The predicted molar refractivity (Wildman–Crippen MR) is 87.7 cm³/mol. The second kappa shape index (κ2) is 6.14. The molecule has 3 nitrogen and oxygen atoms in total. The zero-order chi connectivity index (χ0) is 16.6. The van der Waals surface area contributed by atoms with Crippen LogP contribution in [0.15, 0.2) is 36.4 Å². The molecule has 3 rings (SSSR count). The molecule has 0 atom stereocenters. The van der Waals surface area contributed by atoms with E-state index in [1.807, 2.05) is 0 Å². The number of benzene rings is 2. The van der Waals surface area contributed by atoms with Gasteiger partial charge in [-0.2, -0.15) is 0 Å². The zero-order valence-corrected chi connectivity index (χ0v) is 13.4. The van der Waals surface area contributed by atoms with E-state index in [0.29, 0.717) is 11.1 Å². The summed E-state index contributed by atoms with van der Waals surface area (Å²) in [6.45, 7) is 0. The largest absolute Gasteiger partial charge is 0.497 e. The number of halogens is 3. The fraction of sp³-hybridized carbons (Fsp3) is 0.0625. The summed E-state index contributed by atoms with van der Waals surface area (Å²) in [5, 5.41) is 3.10. The SMILES string of the molecule is COc1ccc2sc(C(=O)Nc3c(F)cccc3F)c(Cl)c2c1. The number of anilines is 1. The van der Waals surface area contributed by atoms with Crippen molar-refractivity contribution < 1.29 is 18.3 Å². The number of methoxy groups -OCH3 is 1. The van der Waals surface area contributed by atoms with E-state index in [9.17, 15) is 13.6 Å². The first-order chi connectivity index (χ1) is 11.0. The molecule has 0 spiro atoms. The van der Waals surface area contributed by atoms with Gasteiger partial charge in [0.25, 0.3) is 5.91 Å². The Morgan fingerprint density at radius 1 is 1.22 bits per heavy atom. The maximum Gasteiger partial charge on any atom is 0.267 e. The van der Waals surface area contributed by atoms with Crippen molar-refractivity contribution >= 4 is 44.6 Å². The van der Waals surface area contributed by atoms with Crippen LogP contribution in [0.5, 0.6) is 5.75 Å². The number of amides is 1. The van der Waals surface area contributed by atoms with E-state index in [1.54, 1.807) is 18.2 Å². The first kappa shape index (κ1) is 15.7. The molecule has 0 bridgehead atoms. The highest BCUT2D eigenvalue weighted by atomic mass is 35.5. The minimum absolute atomic E-state index is 0.178. The molecule has 23 heavy (non-hydrogen) atoms.